The average molecular weight is 313 g/mol. The molecule has 2 unspecified atom stereocenters. The number of carbonyl (C=O) groups is 2. The van der Waals surface area contributed by atoms with Gasteiger partial charge in [0.05, 0.1) is 12.5 Å². The monoisotopic (exact) mass is 313 g/mol. The lowest BCUT2D eigenvalue weighted by Crippen LogP contribution is -2.39. The van der Waals surface area contributed by atoms with E-state index in [9.17, 15) is 18.4 Å². The molecule has 5 nitrogen and oxygen atoms in total. The van der Waals surface area contributed by atoms with Gasteiger partial charge in [0.2, 0.25) is 11.8 Å². The molecule has 122 valence electrons. The molecule has 3 N–H and O–H groups in total. The highest BCUT2D eigenvalue weighted by Gasteiger charge is 2.23. The molecule has 1 aromatic rings. The number of carbonyl (C=O) groups excluding carboxylic acids is 2. The van der Waals surface area contributed by atoms with Crippen LogP contribution in [0.1, 0.15) is 31.9 Å². The minimum Gasteiger partial charge on any atom is -0.354 e. The number of halogens is 2. The molecule has 1 aromatic carbocycles. The second kappa shape index (κ2) is 8.43. The predicted octanol–water partition coefficient (Wildman–Crippen LogP) is 1.26. The van der Waals surface area contributed by atoms with Crippen molar-refractivity contribution in [3.8, 4) is 0 Å². The maximum absolute atomic E-state index is 13.8. The van der Waals surface area contributed by atoms with Gasteiger partial charge in [0.15, 0.2) is 0 Å². The van der Waals surface area contributed by atoms with Crippen molar-refractivity contribution in [3.05, 3.63) is 35.4 Å². The third-order valence-corrected chi connectivity index (χ3v) is 3.21. The average Bonchev–Trinajstić information content (AvgIpc) is 2.43. The molecule has 2 atom stereocenters. The zero-order valence-electron chi connectivity index (χ0n) is 12.9. The van der Waals surface area contributed by atoms with Gasteiger partial charge in [-0.25, -0.2) is 8.78 Å². The first-order valence-corrected chi connectivity index (χ1v) is 7.00. The number of benzene rings is 1. The summed E-state index contributed by atoms with van der Waals surface area (Å²) in [6.45, 7) is 3.48. The molecule has 1 rings (SSSR count). The first kappa shape index (κ1) is 18.0. The first-order valence-electron chi connectivity index (χ1n) is 7.00. The van der Waals surface area contributed by atoms with Crippen molar-refractivity contribution in [2.45, 2.75) is 32.4 Å². The minimum absolute atomic E-state index is 0.0633. The number of hydrogen-bond donors (Lipinski definition) is 3. The van der Waals surface area contributed by atoms with Crippen molar-refractivity contribution >= 4 is 11.8 Å². The predicted molar refractivity (Wildman–Crippen MR) is 79.1 cm³/mol. The summed E-state index contributed by atoms with van der Waals surface area (Å²) < 4.78 is 27.7. The summed E-state index contributed by atoms with van der Waals surface area (Å²) in [6.07, 6.45) is -0.242. The van der Waals surface area contributed by atoms with E-state index in [0.29, 0.717) is 6.54 Å². The van der Waals surface area contributed by atoms with Crippen LogP contribution < -0.4 is 16.0 Å². The summed E-state index contributed by atoms with van der Waals surface area (Å²) >= 11 is 0. The number of nitrogens with one attached hydrogen (secondary N) is 3. The number of rotatable bonds is 7. The van der Waals surface area contributed by atoms with E-state index in [1.54, 1.807) is 7.05 Å². The maximum atomic E-state index is 13.8. The Morgan fingerprint density at radius 3 is 2.32 bits per heavy atom. The van der Waals surface area contributed by atoms with Crippen molar-refractivity contribution in [2.24, 2.45) is 0 Å². The normalized spacial score (nSPS) is 13.3. The zero-order valence-corrected chi connectivity index (χ0v) is 12.9. The Labute approximate surface area is 128 Å². The van der Waals surface area contributed by atoms with Crippen molar-refractivity contribution in [2.75, 3.05) is 13.6 Å². The van der Waals surface area contributed by atoms with Gasteiger partial charge in [-0.3, -0.25) is 9.59 Å². The van der Waals surface area contributed by atoms with E-state index < -0.39 is 29.5 Å². The van der Waals surface area contributed by atoms with E-state index in [-0.39, 0.29) is 18.0 Å². The van der Waals surface area contributed by atoms with E-state index in [4.69, 9.17) is 0 Å². The minimum atomic E-state index is -1.05. The third kappa shape index (κ3) is 5.40. The van der Waals surface area contributed by atoms with Crippen LogP contribution >= 0.6 is 0 Å². The molecular weight excluding hydrogens is 292 g/mol. The molecule has 0 spiro atoms. The van der Waals surface area contributed by atoms with Crippen LogP contribution in [-0.4, -0.2) is 31.4 Å². The zero-order chi connectivity index (χ0) is 16.7. The Bertz CT molecular complexity index is 517. The molecule has 0 aliphatic carbocycles. The van der Waals surface area contributed by atoms with Crippen LogP contribution in [0.5, 0.6) is 0 Å². The molecule has 0 heterocycles. The highest BCUT2D eigenvalue weighted by atomic mass is 19.1. The van der Waals surface area contributed by atoms with Gasteiger partial charge in [-0.2, -0.15) is 0 Å². The van der Waals surface area contributed by atoms with Gasteiger partial charge in [0, 0.05) is 25.1 Å². The summed E-state index contributed by atoms with van der Waals surface area (Å²) in [5.74, 6) is -2.46. The van der Waals surface area contributed by atoms with E-state index in [1.165, 1.54) is 13.0 Å². The van der Waals surface area contributed by atoms with Gasteiger partial charge >= 0.3 is 0 Å². The Morgan fingerprint density at radius 1 is 1.23 bits per heavy atom. The molecule has 2 amide bonds. The molecule has 7 heteroatoms. The van der Waals surface area contributed by atoms with Crippen LogP contribution in [0, 0.1) is 11.6 Å². The van der Waals surface area contributed by atoms with Crippen LogP contribution in [0.25, 0.3) is 0 Å². The second-order valence-electron chi connectivity index (χ2n) is 5.09. The standard InChI is InChI=1S/C15H21F2N3O2/c1-9(18-3)8-19-14(22)7-13(20-10(2)21)15-11(16)5-4-6-12(15)17/h4-6,9,13,18H,7-8H2,1-3H3,(H,19,22)(H,20,21). The largest absolute Gasteiger partial charge is 0.354 e. The van der Waals surface area contributed by atoms with Crippen molar-refractivity contribution < 1.29 is 18.4 Å². The fraction of sp³-hybridized carbons (Fsp3) is 0.467. The molecular formula is C15H21F2N3O2. The topological polar surface area (TPSA) is 70.2 Å². The van der Waals surface area contributed by atoms with Gasteiger partial charge in [-0.1, -0.05) is 6.07 Å². The molecule has 0 aliphatic heterocycles. The van der Waals surface area contributed by atoms with E-state index in [1.807, 2.05) is 6.92 Å². The number of amides is 2. The summed E-state index contributed by atoms with van der Waals surface area (Å²) in [7, 11) is 1.76. The lowest BCUT2D eigenvalue weighted by atomic mass is 10.0. The number of likely N-dealkylation sites (N-methyl/N-ethyl adjacent to an activating group) is 1. The highest BCUT2D eigenvalue weighted by molar-refractivity contribution is 5.79. The molecule has 0 aromatic heterocycles. The lowest BCUT2D eigenvalue weighted by molar-refractivity contribution is -0.122. The van der Waals surface area contributed by atoms with Crippen LogP contribution in [-0.2, 0) is 9.59 Å². The fourth-order valence-corrected chi connectivity index (χ4v) is 1.94. The van der Waals surface area contributed by atoms with Gasteiger partial charge < -0.3 is 16.0 Å². The highest BCUT2D eigenvalue weighted by Crippen LogP contribution is 2.23. The molecule has 0 radical (unpaired) electrons. The second-order valence-corrected chi connectivity index (χ2v) is 5.09. The number of hydrogen-bond acceptors (Lipinski definition) is 3. The van der Waals surface area contributed by atoms with Crippen LogP contribution in [0.3, 0.4) is 0 Å². The Kier molecular flexibility index (Phi) is 6.91. The van der Waals surface area contributed by atoms with Crippen molar-refractivity contribution in [1.82, 2.24) is 16.0 Å². The molecule has 22 heavy (non-hydrogen) atoms. The van der Waals surface area contributed by atoms with Gasteiger partial charge in [-0.05, 0) is 26.1 Å². The van der Waals surface area contributed by atoms with Crippen molar-refractivity contribution in [1.29, 1.82) is 0 Å². The molecule has 0 bridgehead atoms. The Hall–Kier alpha value is -2.02. The fourth-order valence-electron chi connectivity index (χ4n) is 1.94. The quantitative estimate of drug-likeness (QED) is 0.710. The van der Waals surface area contributed by atoms with Gasteiger partial charge in [-0.15, -0.1) is 0 Å². The summed E-state index contributed by atoms with van der Waals surface area (Å²) in [4.78, 5) is 23.2. The van der Waals surface area contributed by atoms with Gasteiger partial charge in [0.25, 0.3) is 0 Å². The molecule has 0 fully saturated rings. The summed E-state index contributed by atoms with van der Waals surface area (Å²) in [5.41, 5.74) is -0.311. The van der Waals surface area contributed by atoms with Crippen LogP contribution in [0.4, 0.5) is 8.78 Å². The van der Waals surface area contributed by atoms with E-state index in [2.05, 4.69) is 16.0 Å². The first-order chi connectivity index (χ1) is 10.3. The van der Waals surface area contributed by atoms with Crippen molar-refractivity contribution in [3.63, 3.8) is 0 Å². The Morgan fingerprint density at radius 2 is 1.82 bits per heavy atom. The summed E-state index contributed by atoms with van der Waals surface area (Å²) in [6, 6.07) is 2.42. The van der Waals surface area contributed by atoms with Crippen LogP contribution in [0.2, 0.25) is 0 Å². The molecule has 0 aliphatic rings. The summed E-state index contributed by atoms with van der Waals surface area (Å²) in [5, 5.41) is 8.01. The maximum Gasteiger partial charge on any atom is 0.222 e. The third-order valence-electron chi connectivity index (χ3n) is 3.21. The van der Waals surface area contributed by atoms with Crippen LogP contribution in [0.15, 0.2) is 18.2 Å². The van der Waals surface area contributed by atoms with E-state index >= 15 is 0 Å². The van der Waals surface area contributed by atoms with Gasteiger partial charge in [0.1, 0.15) is 11.6 Å². The Balaban J connectivity index is 2.85. The lowest BCUT2D eigenvalue weighted by Gasteiger charge is -2.20. The SMILES string of the molecule is CNC(C)CNC(=O)CC(NC(C)=O)c1c(F)cccc1F. The smallest absolute Gasteiger partial charge is 0.222 e. The van der Waals surface area contributed by atoms with E-state index in [0.717, 1.165) is 12.1 Å². The molecule has 0 saturated carbocycles. The molecule has 0 saturated heterocycles.